The van der Waals surface area contributed by atoms with Crippen LogP contribution in [-0.2, 0) is 0 Å². The topological polar surface area (TPSA) is 38.9 Å². The van der Waals surface area contributed by atoms with Crippen molar-refractivity contribution < 1.29 is 4.42 Å². The highest BCUT2D eigenvalue weighted by molar-refractivity contribution is 7.27. The first-order valence-corrected chi connectivity index (χ1v) is 6.78. The van der Waals surface area contributed by atoms with Crippen LogP contribution in [0, 0.1) is 0 Å². The first kappa shape index (κ1) is 9.32. The van der Waals surface area contributed by atoms with E-state index in [2.05, 4.69) is 9.97 Å². The van der Waals surface area contributed by atoms with Gasteiger partial charge in [0.1, 0.15) is 0 Å². The second-order valence-electron chi connectivity index (χ2n) is 3.61. The molecule has 0 amide bonds. The zero-order valence-electron chi connectivity index (χ0n) is 8.58. The summed E-state index contributed by atoms with van der Waals surface area (Å²) in [4.78, 5) is 8.90. The van der Waals surface area contributed by atoms with E-state index in [9.17, 15) is 0 Å². The van der Waals surface area contributed by atoms with Crippen LogP contribution in [0.25, 0.3) is 31.2 Å². The lowest BCUT2D eigenvalue weighted by Gasteiger charge is -1.87. The molecule has 0 saturated heterocycles. The third kappa shape index (κ3) is 1.33. The van der Waals surface area contributed by atoms with Gasteiger partial charge in [-0.05, 0) is 24.3 Å². The highest BCUT2D eigenvalue weighted by Crippen LogP contribution is 2.36. The molecule has 4 rings (SSSR count). The lowest BCUT2D eigenvalue weighted by atomic mass is 10.3. The molecular formula is C12H6N2OS2. The highest BCUT2D eigenvalue weighted by atomic mass is 32.1. The summed E-state index contributed by atoms with van der Waals surface area (Å²) in [6, 6.07) is 7.84. The average Bonchev–Trinajstić information content (AvgIpc) is 3.08. The number of benzene rings is 1. The lowest BCUT2D eigenvalue weighted by molar-refractivity contribution is 0.582. The van der Waals surface area contributed by atoms with Gasteiger partial charge in [-0.1, -0.05) is 0 Å². The molecule has 0 fully saturated rings. The van der Waals surface area contributed by atoms with E-state index in [0.717, 1.165) is 21.8 Å². The summed E-state index contributed by atoms with van der Waals surface area (Å²) >= 11 is 3.31. The van der Waals surface area contributed by atoms with Gasteiger partial charge in [0.05, 0.1) is 32.2 Å². The van der Waals surface area contributed by atoms with Gasteiger partial charge in [-0.3, -0.25) is 0 Å². The molecule has 82 valence electrons. The Morgan fingerprint density at radius 2 is 2.00 bits per heavy atom. The third-order valence-electron chi connectivity index (χ3n) is 2.59. The standard InChI is InChI=1S/C12H6N2OS2/c1-2-9(15-5-1)12-14-8-4-3-7-10(11(8)17-12)16-6-13-7/h1-6H. The van der Waals surface area contributed by atoms with Crippen molar-refractivity contribution in [2.24, 2.45) is 0 Å². The summed E-state index contributed by atoms with van der Waals surface area (Å²) in [5.74, 6) is 0.823. The summed E-state index contributed by atoms with van der Waals surface area (Å²) in [6.07, 6.45) is 1.67. The minimum atomic E-state index is 0.823. The van der Waals surface area contributed by atoms with Gasteiger partial charge in [-0.25, -0.2) is 9.97 Å². The highest BCUT2D eigenvalue weighted by Gasteiger charge is 2.11. The van der Waals surface area contributed by atoms with Gasteiger partial charge >= 0.3 is 0 Å². The minimum Gasteiger partial charge on any atom is -0.462 e. The first-order chi connectivity index (χ1) is 8.42. The Morgan fingerprint density at radius 1 is 1.06 bits per heavy atom. The number of fused-ring (bicyclic) bond motifs is 3. The fourth-order valence-electron chi connectivity index (χ4n) is 1.81. The molecule has 0 spiro atoms. The van der Waals surface area contributed by atoms with Crippen LogP contribution in [0.5, 0.6) is 0 Å². The van der Waals surface area contributed by atoms with Crippen molar-refractivity contribution in [1.82, 2.24) is 9.97 Å². The van der Waals surface area contributed by atoms with Crippen molar-refractivity contribution in [2.45, 2.75) is 0 Å². The summed E-state index contributed by atoms with van der Waals surface area (Å²) < 4.78 is 7.78. The molecule has 0 N–H and O–H groups in total. The largest absolute Gasteiger partial charge is 0.462 e. The summed E-state index contributed by atoms with van der Waals surface area (Å²) in [7, 11) is 0. The van der Waals surface area contributed by atoms with Crippen molar-refractivity contribution in [3.8, 4) is 10.8 Å². The van der Waals surface area contributed by atoms with Crippen molar-refractivity contribution >= 4 is 43.1 Å². The number of nitrogens with zero attached hydrogens (tertiary/aromatic N) is 2. The van der Waals surface area contributed by atoms with Gasteiger partial charge in [0, 0.05) is 0 Å². The second kappa shape index (κ2) is 3.38. The fourth-order valence-corrected chi connectivity index (χ4v) is 3.78. The van der Waals surface area contributed by atoms with E-state index in [4.69, 9.17) is 4.42 Å². The van der Waals surface area contributed by atoms with E-state index in [1.807, 2.05) is 29.8 Å². The number of hydrogen-bond donors (Lipinski definition) is 0. The monoisotopic (exact) mass is 258 g/mol. The van der Waals surface area contributed by atoms with Crippen LogP contribution >= 0.6 is 22.7 Å². The molecule has 0 aliphatic carbocycles. The Morgan fingerprint density at radius 3 is 2.88 bits per heavy atom. The van der Waals surface area contributed by atoms with Crippen molar-refractivity contribution in [3.63, 3.8) is 0 Å². The van der Waals surface area contributed by atoms with Gasteiger partial charge in [0.25, 0.3) is 0 Å². The zero-order valence-corrected chi connectivity index (χ0v) is 10.2. The smallest absolute Gasteiger partial charge is 0.162 e. The maximum atomic E-state index is 5.38. The molecule has 0 aliphatic heterocycles. The molecule has 1 aromatic carbocycles. The van der Waals surface area contributed by atoms with Gasteiger partial charge in [0.15, 0.2) is 10.8 Å². The predicted molar refractivity (Wildman–Crippen MR) is 70.5 cm³/mol. The van der Waals surface area contributed by atoms with Crippen molar-refractivity contribution in [3.05, 3.63) is 36.0 Å². The van der Waals surface area contributed by atoms with E-state index in [0.29, 0.717) is 0 Å². The molecule has 0 unspecified atom stereocenters. The average molecular weight is 258 g/mol. The summed E-state index contributed by atoms with van der Waals surface area (Å²) in [6.45, 7) is 0. The lowest BCUT2D eigenvalue weighted by Crippen LogP contribution is -1.70. The molecule has 0 atom stereocenters. The van der Waals surface area contributed by atoms with Crippen LogP contribution in [0.4, 0.5) is 0 Å². The second-order valence-corrected chi connectivity index (χ2v) is 5.46. The van der Waals surface area contributed by atoms with E-state index in [-0.39, 0.29) is 0 Å². The van der Waals surface area contributed by atoms with E-state index >= 15 is 0 Å². The predicted octanol–water partition coefficient (Wildman–Crippen LogP) is 4.17. The molecule has 3 aromatic heterocycles. The molecule has 5 heteroatoms. The maximum absolute atomic E-state index is 5.38. The molecule has 3 heterocycles. The molecular weight excluding hydrogens is 252 g/mol. The van der Waals surface area contributed by atoms with E-state index in [1.165, 1.54) is 9.40 Å². The van der Waals surface area contributed by atoms with Crippen LogP contribution < -0.4 is 0 Å². The Labute approximate surface area is 104 Å². The first-order valence-electron chi connectivity index (χ1n) is 5.08. The van der Waals surface area contributed by atoms with Gasteiger partial charge < -0.3 is 4.42 Å². The Kier molecular flexibility index (Phi) is 1.86. The normalized spacial score (nSPS) is 11.5. The maximum Gasteiger partial charge on any atom is 0.162 e. The van der Waals surface area contributed by atoms with Crippen LogP contribution in [-0.4, -0.2) is 9.97 Å². The summed E-state index contributed by atoms with van der Waals surface area (Å²) in [5, 5.41) is 0.922. The number of aromatic nitrogens is 2. The van der Waals surface area contributed by atoms with Crippen molar-refractivity contribution in [1.29, 1.82) is 0 Å². The summed E-state index contributed by atoms with van der Waals surface area (Å²) in [5.41, 5.74) is 3.92. The molecule has 0 aliphatic rings. The Bertz CT molecular complexity index is 798. The quantitative estimate of drug-likeness (QED) is 0.514. The molecule has 17 heavy (non-hydrogen) atoms. The van der Waals surface area contributed by atoms with Crippen LogP contribution in [0.15, 0.2) is 40.5 Å². The fraction of sp³-hybridized carbons (Fsp3) is 0. The zero-order chi connectivity index (χ0) is 11.2. The Hall–Kier alpha value is -1.72. The number of furan rings is 1. The van der Waals surface area contributed by atoms with Crippen LogP contribution in [0.2, 0.25) is 0 Å². The molecule has 4 aromatic rings. The molecule has 0 bridgehead atoms. The molecule has 0 radical (unpaired) electrons. The van der Waals surface area contributed by atoms with Gasteiger partial charge in [-0.2, -0.15) is 0 Å². The van der Waals surface area contributed by atoms with Gasteiger partial charge in [0.2, 0.25) is 0 Å². The number of thiazole rings is 2. The van der Waals surface area contributed by atoms with Crippen LogP contribution in [0.3, 0.4) is 0 Å². The van der Waals surface area contributed by atoms with Gasteiger partial charge in [-0.15, -0.1) is 22.7 Å². The van der Waals surface area contributed by atoms with Crippen LogP contribution in [0.1, 0.15) is 0 Å². The van der Waals surface area contributed by atoms with E-state index in [1.54, 1.807) is 28.9 Å². The number of hydrogen-bond acceptors (Lipinski definition) is 5. The number of rotatable bonds is 1. The Balaban J connectivity index is 2.09. The molecule has 0 saturated carbocycles. The minimum absolute atomic E-state index is 0.823. The SMILES string of the molecule is c1coc(-c2nc3ccc4ncsc4c3s2)c1. The van der Waals surface area contributed by atoms with E-state index < -0.39 is 0 Å². The van der Waals surface area contributed by atoms with Crippen molar-refractivity contribution in [2.75, 3.05) is 0 Å². The third-order valence-corrected chi connectivity index (χ3v) is 4.68. The molecule has 3 nitrogen and oxygen atoms in total.